The van der Waals surface area contributed by atoms with Gasteiger partial charge in [-0.25, -0.2) is 4.79 Å². The summed E-state index contributed by atoms with van der Waals surface area (Å²) in [6.45, 7) is 20.1. The van der Waals surface area contributed by atoms with Crippen LogP contribution in [0, 0.1) is 47.3 Å². The third-order valence-electron chi connectivity index (χ3n) is 17.2. The van der Waals surface area contributed by atoms with Crippen molar-refractivity contribution in [3.63, 3.8) is 0 Å². The van der Waals surface area contributed by atoms with E-state index in [-0.39, 0.29) is 92.1 Å². The molecule has 0 aromatic heterocycles. The van der Waals surface area contributed by atoms with Crippen molar-refractivity contribution >= 4 is 5.97 Å². The van der Waals surface area contributed by atoms with Gasteiger partial charge in [-0.15, -0.1) is 0 Å². The summed E-state index contributed by atoms with van der Waals surface area (Å²) in [5, 5.41) is 11.3. The molecule has 1 N–H and O–H groups in total. The van der Waals surface area contributed by atoms with Crippen molar-refractivity contribution in [3.05, 3.63) is 71.8 Å². The van der Waals surface area contributed by atoms with Crippen LogP contribution in [0.4, 0.5) is 0 Å². The predicted octanol–water partition coefficient (Wildman–Crippen LogP) is 6.71. The highest BCUT2D eigenvalue weighted by molar-refractivity contribution is 5.89. The molecular formula is C58H90O18. The number of rotatable bonds is 23. The topological polar surface area (TPSA) is 185 Å². The molecule has 0 saturated carbocycles. The number of carbonyl (C=O) groups excluding carboxylic acids is 1. The number of hydrogen-bond acceptors (Lipinski definition) is 18. The van der Waals surface area contributed by atoms with Crippen LogP contribution in [0.25, 0.3) is 0 Å². The Bertz CT molecular complexity index is 2000. The molecule has 76 heavy (non-hydrogen) atoms. The molecule has 5 aliphatic rings. The third-order valence-corrected chi connectivity index (χ3v) is 17.2. The molecule has 430 valence electrons. The van der Waals surface area contributed by atoms with Crippen molar-refractivity contribution in [2.45, 2.75) is 173 Å². The van der Waals surface area contributed by atoms with E-state index in [1.54, 1.807) is 59.8 Å². The van der Waals surface area contributed by atoms with Gasteiger partial charge in [0, 0.05) is 59.2 Å². The van der Waals surface area contributed by atoms with Crippen molar-refractivity contribution < 1.29 is 85.7 Å². The Balaban J connectivity index is 1.01. The summed E-state index contributed by atoms with van der Waals surface area (Å²) in [4.78, 5) is 12.8. The van der Waals surface area contributed by atoms with Crippen LogP contribution in [0.2, 0.25) is 0 Å². The van der Waals surface area contributed by atoms with Crippen molar-refractivity contribution in [3.8, 4) is 0 Å². The predicted molar refractivity (Wildman–Crippen MR) is 278 cm³/mol. The van der Waals surface area contributed by atoms with Gasteiger partial charge in [0.25, 0.3) is 0 Å². The first kappa shape index (κ1) is 60.9. The molecule has 5 aliphatic heterocycles. The zero-order valence-electron chi connectivity index (χ0n) is 47.3. The summed E-state index contributed by atoms with van der Waals surface area (Å²) in [5.74, 6) is -1.45. The maximum Gasteiger partial charge on any atom is 0.338 e. The zero-order valence-corrected chi connectivity index (χ0v) is 47.3. The zero-order chi connectivity index (χ0) is 54.8. The van der Waals surface area contributed by atoms with Crippen LogP contribution < -0.4 is 0 Å². The second kappa shape index (κ2) is 28.6. The summed E-state index contributed by atoms with van der Waals surface area (Å²) < 4.78 is 103. The number of aliphatic hydroxyl groups is 1. The van der Waals surface area contributed by atoms with E-state index in [9.17, 15) is 9.90 Å². The molecule has 18 nitrogen and oxygen atoms in total. The Labute approximate surface area is 451 Å². The van der Waals surface area contributed by atoms with Gasteiger partial charge in [-0.1, -0.05) is 104 Å². The Morgan fingerprint density at radius 1 is 0.434 bits per heavy atom. The van der Waals surface area contributed by atoms with Crippen molar-refractivity contribution in [1.82, 2.24) is 0 Å². The Kier molecular flexibility index (Phi) is 22.9. The lowest BCUT2D eigenvalue weighted by atomic mass is 9.81. The van der Waals surface area contributed by atoms with Crippen molar-refractivity contribution in [1.29, 1.82) is 0 Å². The van der Waals surface area contributed by atoms with Crippen LogP contribution >= 0.6 is 0 Å². The number of benzene rings is 2. The van der Waals surface area contributed by atoms with E-state index in [4.69, 9.17) is 75.8 Å². The molecule has 0 spiro atoms. The van der Waals surface area contributed by atoms with E-state index in [2.05, 4.69) is 41.5 Å². The minimum atomic E-state index is -0.894. The smallest absolute Gasteiger partial charge is 0.338 e. The molecule has 2 aromatic rings. The van der Waals surface area contributed by atoms with E-state index in [1.165, 1.54) is 0 Å². The lowest BCUT2D eigenvalue weighted by Crippen LogP contribution is -2.63. The summed E-state index contributed by atoms with van der Waals surface area (Å²) in [7, 11) is 8.19. The maximum atomic E-state index is 12.8. The van der Waals surface area contributed by atoms with Crippen LogP contribution in [-0.4, -0.2) is 184 Å². The van der Waals surface area contributed by atoms with Gasteiger partial charge in [-0.2, -0.15) is 0 Å². The number of carbonyl (C=O) groups is 1. The van der Waals surface area contributed by atoms with E-state index in [1.807, 2.05) is 57.2 Å². The summed E-state index contributed by atoms with van der Waals surface area (Å²) in [6.07, 6.45) is -9.85. The Morgan fingerprint density at radius 3 is 1.33 bits per heavy atom. The Morgan fingerprint density at radius 2 is 0.842 bits per heavy atom. The van der Waals surface area contributed by atoms with Gasteiger partial charge in [-0.05, 0) is 48.3 Å². The highest BCUT2D eigenvalue weighted by Crippen LogP contribution is 2.43. The largest absolute Gasteiger partial charge is 0.459 e. The molecule has 0 radical (unpaired) electrons. The van der Waals surface area contributed by atoms with Crippen molar-refractivity contribution in [2.24, 2.45) is 47.3 Å². The lowest BCUT2D eigenvalue weighted by molar-refractivity contribution is -0.376. The Hall–Kier alpha value is -2.73. The highest BCUT2D eigenvalue weighted by atomic mass is 16.8. The number of ether oxygens (including phenoxy) is 16. The average molecular weight is 1080 g/mol. The van der Waals surface area contributed by atoms with Crippen LogP contribution in [0.1, 0.15) is 78.2 Å². The van der Waals surface area contributed by atoms with Gasteiger partial charge in [0.05, 0.1) is 75.2 Å². The van der Waals surface area contributed by atoms with Gasteiger partial charge in [0.2, 0.25) is 0 Å². The molecule has 18 heteroatoms. The fourth-order valence-electron chi connectivity index (χ4n) is 11.8. The van der Waals surface area contributed by atoms with Crippen LogP contribution in [0.5, 0.6) is 0 Å². The molecule has 5 saturated heterocycles. The summed E-state index contributed by atoms with van der Waals surface area (Å²) in [5.41, 5.74) is 1.50. The van der Waals surface area contributed by atoms with Crippen LogP contribution in [0.3, 0.4) is 0 Å². The first-order valence-electron chi connectivity index (χ1n) is 27.5. The molecule has 10 unspecified atom stereocenters. The minimum absolute atomic E-state index is 0.0180. The van der Waals surface area contributed by atoms with Gasteiger partial charge >= 0.3 is 5.97 Å². The third kappa shape index (κ3) is 14.2. The summed E-state index contributed by atoms with van der Waals surface area (Å²) >= 11 is 0. The number of methoxy groups -OCH3 is 5. The molecule has 7 rings (SSSR count). The molecule has 25 atom stereocenters. The number of esters is 1. The molecule has 5 heterocycles. The normalized spacial score (nSPS) is 42.1. The highest BCUT2D eigenvalue weighted by Gasteiger charge is 2.55. The van der Waals surface area contributed by atoms with Gasteiger partial charge in [0.1, 0.15) is 49.3 Å². The molecule has 5 fully saturated rings. The van der Waals surface area contributed by atoms with Crippen molar-refractivity contribution in [2.75, 3.05) is 68.6 Å². The second-order valence-corrected chi connectivity index (χ2v) is 22.0. The van der Waals surface area contributed by atoms with Gasteiger partial charge < -0.3 is 80.9 Å². The SMILES string of the molecule is COCC1O[C@@H](O[C@H]2C(C)C(C)[C@@H](O[C@H]3C(C)C(OC)[C@@H](O[C@H]4C(COCc5ccccc5)O[C@@H](C)C(C)[C@H]4C)O[C@@H]3COC)O[C@@H]2COC)C(OC)[C@@H](C)[C@H]1O[C@@H]1OC(COC(=O)c2ccccc2)[C@H](O)[C@H](C)C1C. The number of hydrogen-bond donors (Lipinski definition) is 1. The van der Waals surface area contributed by atoms with E-state index in [0.29, 0.717) is 18.8 Å². The molecule has 0 amide bonds. The fourth-order valence-corrected chi connectivity index (χ4v) is 11.8. The minimum Gasteiger partial charge on any atom is -0.459 e. The van der Waals surface area contributed by atoms with E-state index < -0.39 is 92.2 Å². The molecule has 2 aromatic carbocycles. The standard InChI is InChI=1S/C58H90O18/c1-31-33(3)48(46(68-39(31)9)29-66-25-40-21-17-15-18-22-40)75-57-52(64-13)38(8)51(45(71-57)28-63-12)74-56-36(6)34(4)49(43(70-56)26-61-10)76-58-53(65-14)37(7)50(44(72-58)27-62-11)73-55-35(5)32(2)47(59)42(69-55)30-67-54(60)41-23-19-16-20-24-41/h15-24,31-39,42-53,55-59H,25-30H2,1-14H3/t31?,32-,33-,34?,35?,36?,37+,38?,39+,42?,43-,44?,45-,46?,47-,48-,49+,50-,51+,52?,53?,55+,56-,57-,58+/m1/s1. The summed E-state index contributed by atoms with van der Waals surface area (Å²) in [6, 6.07) is 18.8. The van der Waals surface area contributed by atoms with E-state index in [0.717, 1.165) is 5.56 Å². The lowest BCUT2D eigenvalue weighted by Gasteiger charge is -2.52. The average Bonchev–Trinajstić information content (AvgIpc) is 3.42. The van der Waals surface area contributed by atoms with E-state index >= 15 is 0 Å². The molecule has 0 bridgehead atoms. The molecular weight excluding hydrogens is 985 g/mol. The fraction of sp³-hybridized carbons (Fsp3) is 0.776. The second-order valence-electron chi connectivity index (χ2n) is 22.0. The van der Waals surface area contributed by atoms with Crippen LogP contribution in [-0.2, 0) is 82.4 Å². The first-order chi connectivity index (χ1) is 36.5. The first-order valence-corrected chi connectivity index (χ1v) is 27.5. The maximum absolute atomic E-state index is 12.8. The van der Waals surface area contributed by atoms with Gasteiger partial charge in [-0.3, -0.25) is 0 Å². The quantitative estimate of drug-likeness (QED) is 0.116. The monoisotopic (exact) mass is 1070 g/mol. The van der Waals surface area contributed by atoms with Gasteiger partial charge in [0.15, 0.2) is 25.2 Å². The molecule has 0 aliphatic carbocycles. The number of aliphatic hydroxyl groups excluding tert-OH is 1. The van der Waals surface area contributed by atoms with Crippen LogP contribution in [0.15, 0.2) is 60.7 Å².